The molecular weight excluding hydrogens is 270 g/mol. The summed E-state index contributed by atoms with van der Waals surface area (Å²) in [6.45, 7) is 1.88. The number of hydrogen-bond acceptors (Lipinski definition) is 4. The van der Waals surface area contributed by atoms with Gasteiger partial charge in [0.2, 0.25) is 5.91 Å². The summed E-state index contributed by atoms with van der Waals surface area (Å²) in [6, 6.07) is 5.64. The van der Waals surface area contributed by atoms with Gasteiger partial charge in [0.15, 0.2) is 0 Å². The molecule has 1 aromatic rings. The van der Waals surface area contributed by atoms with Crippen LogP contribution in [0.4, 0.5) is 11.4 Å². The van der Waals surface area contributed by atoms with Crippen LogP contribution in [0.1, 0.15) is 31.7 Å². The zero-order valence-corrected chi connectivity index (χ0v) is 12.0. The summed E-state index contributed by atoms with van der Waals surface area (Å²) in [6.07, 6.45) is 3.65. The lowest BCUT2D eigenvalue weighted by Crippen LogP contribution is -2.32. The Morgan fingerprint density at radius 1 is 1.48 bits per heavy atom. The molecular formula is C15H19N3O3. The van der Waals surface area contributed by atoms with E-state index < -0.39 is 4.92 Å². The molecule has 3 atom stereocenters. The van der Waals surface area contributed by atoms with Crippen LogP contribution in [0, 0.1) is 16.0 Å². The predicted octanol–water partition coefficient (Wildman–Crippen LogP) is 2.24. The van der Waals surface area contributed by atoms with E-state index in [1.807, 2.05) is 6.92 Å². The number of fused-ring (bicyclic) bond motifs is 2. The number of benzene rings is 1. The van der Waals surface area contributed by atoms with Crippen molar-refractivity contribution in [1.29, 1.82) is 0 Å². The van der Waals surface area contributed by atoms with Crippen LogP contribution in [0.15, 0.2) is 18.2 Å². The van der Waals surface area contributed by atoms with Crippen molar-refractivity contribution in [2.75, 3.05) is 5.32 Å². The largest absolute Gasteiger partial charge is 0.326 e. The molecule has 6 nitrogen and oxygen atoms in total. The van der Waals surface area contributed by atoms with Crippen molar-refractivity contribution in [2.24, 2.45) is 5.92 Å². The number of nitrogens with zero attached hydrogens (tertiary/aromatic N) is 1. The molecule has 0 spiro atoms. The van der Waals surface area contributed by atoms with Crippen LogP contribution in [-0.2, 0) is 11.2 Å². The second-order valence-electron chi connectivity index (χ2n) is 5.83. The van der Waals surface area contributed by atoms with Crippen molar-refractivity contribution in [1.82, 2.24) is 5.32 Å². The maximum absolute atomic E-state index is 12.3. The number of nitrogens with one attached hydrogen (secondary N) is 2. The molecule has 1 amide bonds. The molecule has 2 aliphatic rings. The summed E-state index contributed by atoms with van der Waals surface area (Å²) < 4.78 is 0. The first-order valence-corrected chi connectivity index (χ1v) is 7.42. The number of rotatable bonds is 4. The topological polar surface area (TPSA) is 84.3 Å². The average Bonchev–Trinajstić information content (AvgIpc) is 3.09. The van der Waals surface area contributed by atoms with Gasteiger partial charge < -0.3 is 10.6 Å². The minimum absolute atomic E-state index is 0.0198. The molecule has 2 bridgehead atoms. The van der Waals surface area contributed by atoms with Gasteiger partial charge in [0.25, 0.3) is 5.69 Å². The van der Waals surface area contributed by atoms with Crippen LogP contribution < -0.4 is 10.6 Å². The first-order valence-electron chi connectivity index (χ1n) is 7.42. The second kappa shape index (κ2) is 5.44. The third-order valence-electron chi connectivity index (χ3n) is 4.57. The number of nitro benzene ring substituents is 1. The molecule has 2 N–H and O–H groups in total. The molecule has 0 radical (unpaired) electrons. The maximum Gasteiger partial charge on any atom is 0.274 e. The molecule has 3 rings (SSSR count). The Labute approximate surface area is 123 Å². The molecule has 2 saturated heterocycles. The van der Waals surface area contributed by atoms with E-state index in [9.17, 15) is 14.9 Å². The Balaban J connectivity index is 1.74. The second-order valence-corrected chi connectivity index (χ2v) is 5.83. The lowest BCUT2D eigenvalue weighted by molar-refractivity contribution is -0.385. The fraction of sp³-hybridized carbons (Fsp3) is 0.533. The minimum atomic E-state index is -0.395. The maximum atomic E-state index is 12.3. The number of aryl methyl sites for hydroxylation is 1. The van der Waals surface area contributed by atoms with Crippen LogP contribution in [0.25, 0.3) is 0 Å². The highest BCUT2D eigenvalue weighted by Crippen LogP contribution is 2.34. The van der Waals surface area contributed by atoms with Gasteiger partial charge in [0, 0.05) is 29.4 Å². The van der Waals surface area contributed by atoms with Crippen molar-refractivity contribution in [2.45, 2.75) is 44.7 Å². The Morgan fingerprint density at radius 3 is 2.86 bits per heavy atom. The fourth-order valence-corrected chi connectivity index (χ4v) is 3.46. The van der Waals surface area contributed by atoms with Gasteiger partial charge in [-0.1, -0.05) is 13.0 Å². The lowest BCUT2D eigenvalue weighted by Gasteiger charge is -2.19. The van der Waals surface area contributed by atoms with Gasteiger partial charge >= 0.3 is 0 Å². The van der Waals surface area contributed by atoms with Gasteiger partial charge in [0.1, 0.15) is 0 Å². The van der Waals surface area contributed by atoms with Gasteiger partial charge in [0.05, 0.1) is 10.8 Å². The summed E-state index contributed by atoms with van der Waals surface area (Å²) in [7, 11) is 0. The zero-order valence-electron chi connectivity index (χ0n) is 12.0. The first-order chi connectivity index (χ1) is 10.1. The number of amides is 1. The van der Waals surface area contributed by atoms with E-state index in [1.165, 1.54) is 6.07 Å². The number of carbonyl (C=O) groups is 1. The highest BCUT2D eigenvalue weighted by molar-refractivity contribution is 5.93. The number of hydrogen-bond donors (Lipinski definition) is 2. The standard InChI is InChI=1S/C15H19N3O3/c1-2-9-3-4-11(8-14(9)18(20)21)17-15(19)12-7-10-5-6-13(12)16-10/h3-4,8,10,12-13,16H,2,5-7H2,1H3,(H,17,19). The smallest absolute Gasteiger partial charge is 0.274 e. The molecule has 2 heterocycles. The van der Waals surface area contributed by atoms with Crippen molar-refractivity contribution < 1.29 is 9.72 Å². The van der Waals surface area contributed by atoms with Gasteiger partial charge in [-0.2, -0.15) is 0 Å². The molecule has 6 heteroatoms. The number of anilines is 1. The third kappa shape index (κ3) is 2.63. The van der Waals surface area contributed by atoms with Gasteiger partial charge in [-0.3, -0.25) is 14.9 Å². The molecule has 112 valence electrons. The van der Waals surface area contributed by atoms with Gasteiger partial charge in [-0.15, -0.1) is 0 Å². The van der Waals surface area contributed by atoms with E-state index in [4.69, 9.17) is 0 Å². The molecule has 21 heavy (non-hydrogen) atoms. The van der Waals surface area contributed by atoms with E-state index in [1.54, 1.807) is 12.1 Å². The summed E-state index contributed by atoms with van der Waals surface area (Å²) in [4.78, 5) is 23.0. The fourth-order valence-electron chi connectivity index (χ4n) is 3.46. The van der Waals surface area contributed by atoms with Crippen LogP contribution in [-0.4, -0.2) is 22.9 Å². The van der Waals surface area contributed by atoms with Crippen molar-refractivity contribution in [3.05, 3.63) is 33.9 Å². The summed E-state index contributed by atoms with van der Waals surface area (Å²) >= 11 is 0. The van der Waals surface area contributed by atoms with Crippen LogP contribution in [0.5, 0.6) is 0 Å². The summed E-state index contributed by atoms with van der Waals surface area (Å²) in [5.41, 5.74) is 1.26. The zero-order chi connectivity index (χ0) is 15.0. The lowest BCUT2D eigenvalue weighted by atomic mass is 9.88. The Morgan fingerprint density at radius 2 is 2.29 bits per heavy atom. The number of carbonyl (C=O) groups excluding carboxylic acids is 1. The minimum Gasteiger partial charge on any atom is -0.326 e. The SMILES string of the molecule is CCc1ccc(NC(=O)C2CC3CCC2N3)cc1[N+](=O)[O-]. The Kier molecular flexibility index (Phi) is 3.63. The van der Waals surface area contributed by atoms with Crippen LogP contribution >= 0.6 is 0 Å². The molecule has 0 aromatic heterocycles. The van der Waals surface area contributed by atoms with Crippen LogP contribution in [0.3, 0.4) is 0 Å². The van der Waals surface area contributed by atoms with Crippen molar-refractivity contribution >= 4 is 17.3 Å². The highest BCUT2D eigenvalue weighted by Gasteiger charge is 2.42. The van der Waals surface area contributed by atoms with Gasteiger partial charge in [-0.05, 0) is 31.7 Å². The average molecular weight is 289 g/mol. The molecule has 0 saturated carbocycles. The molecule has 0 aliphatic carbocycles. The predicted molar refractivity (Wildman–Crippen MR) is 79.2 cm³/mol. The molecule has 1 aromatic carbocycles. The Hall–Kier alpha value is -1.95. The Bertz CT molecular complexity index is 588. The van der Waals surface area contributed by atoms with E-state index in [-0.39, 0.29) is 23.6 Å². The molecule has 2 aliphatic heterocycles. The summed E-state index contributed by atoms with van der Waals surface area (Å²) in [5.74, 6) is -0.0538. The van der Waals surface area contributed by atoms with Crippen molar-refractivity contribution in [3.63, 3.8) is 0 Å². The quantitative estimate of drug-likeness (QED) is 0.657. The van der Waals surface area contributed by atoms with E-state index in [0.29, 0.717) is 23.7 Å². The van der Waals surface area contributed by atoms with Gasteiger partial charge in [-0.25, -0.2) is 0 Å². The van der Waals surface area contributed by atoms with Crippen molar-refractivity contribution in [3.8, 4) is 0 Å². The molecule has 2 fully saturated rings. The van der Waals surface area contributed by atoms with E-state index in [0.717, 1.165) is 19.3 Å². The summed E-state index contributed by atoms with van der Waals surface area (Å²) in [5, 5.41) is 17.3. The van der Waals surface area contributed by atoms with E-state index >= 15 is 0 Å². The highest BCUT2D eigenvalue weighted by atomic mass is 16.6. The molecule has 3 unspecified atom stereocenters. The third-order valence-corrected chi connectivity index (χ3v) is 4.57. The van der Waals surface area contributed by atoms with E-state index in [2.05, 4.69) is 10.6 Å². The number of nitro groups is 1. The van der Waals surface area contributed by atoms with Crippen LogP contribution in [0.2, 0.25) is 0 Å². The first kappa shape index (κ1) is 14.0. The normalized spacial score (nSPS) is 26.8. The monoisotopic (exact) mass is 289 g/mol.